The molecular formula is C11H15F3N4O5. The number of nitrogens with zero attached hydrogens (tertiary/aromatic N) is 3. The molecule has 23 heavy (non-hydrogen) atoms. The van der Waals surface area contributed by atoms with Crippen molar-refractivity contribution in [1.29, 1.82) is 0 Å². The van der Waals surface area contributed by atoms with Gasteiger partial charge in [0.1, 0.15) is 12.6 Å². The number of rotatable bonds is 5. The normalized spacial score (nSPS) is 22.2. The third-order valence-electron chi connectivity index (χ3n) is 3.15. The zero-order valence-electron chi connectivity index (χ0n) is 11.8. The smallest absolute Gasteiger partial charge is 0.465 e. The first kappa shape index (κ1) is 17.3. The van der Waals surface area contributed by atoms with Crippen molar-refractivity contribution in [3.8, 4) is 6.08 Å². The number of piperidine rings is 1. The van der Waals surface area contributed by atoms with Crippen LogP contribution in [-0.4, -0.2) is 58.5 Å². The van der Waals surface area contributed by atoms with Crippen LogP contribution in [0.1, 0.15) is 24.8 Å². The molecule has 2 rings (SSSR count). The Bertz CT molecular complexity index is 538. The van der Waals surface area contributed by atoms with E-state index < -0.39 is 31.7 Å². The van der Waals surface area contributed by atoms with Crippen molar-refractivity contribution in [3.63, 3.8) is 0 Å². The number of hydrogen-bond donors (Lipinski definition) is 2. The summed E-state index contributed by atoms with van der Waals surface area (Å²) < 4.78 is 48.8. The fourth-order valence-electron chi connectivity index (χ4n) is 2.17. The first-order valence-corrected chi connectivity index (χ1v) is 6.68. The van der Waals surface area contributed by atoms with E-state index in [1.165, 1.54) is 0 Å². The van der Waals surface area contributed by atoms with Gasteiger partial charge in [-0.15, -0.1) is 18.3 Å². The summed E-state index contributed by atoms with van der Waals surface area (Å²) >= 11 is 0. The Morgan fingerprint density at radius 1 is 1.39 bits per heavy atom. The Balaban J connectivity index is 1.91. The molecule has 1 aliphatic rings. The predicted molar refractivity (Wildman–Crippen MR) is 66.5 cm³/mol. The molecule has 1 aromatic rings. The second-order valence-electron chi connectivity index (χ2n) is 4.84. The van der Waals surface area contributed by atoms with Crippen LogP contribution in [0.5, 0.6) is 6.08 Å². The summed E-state index contributed by atoms with van der Waals surface area (Å²) in [6.07, 6.45) is -5.30. The summed E-state index contributed by atoms with van der Waals surface area (Å²) in [6, 6.07) is -0.941. The van der Waals surface area contributed by atoms with E-state index in [0.717, 1.165) is 4.90 Å². The number of amides is 1. The van der Waals surface area contributed by atoms with Crippen LogP contribution in [-0.2, 0) is 4.74 Å². The molecule has 0 bridgehead atoms. The van der Waals surface area contributed by atoms with Crippen LogP contribution in [0.15, 0.2) is 4.42 Å². The van der Waals surface area contributed by atoms with Crippen molar-refractivity contribution in [2.24, 2.45) is 5.73 Å². The fourth-order valence-corrected chi connectivity index (χ4v) is 2.17. The molecule has 0 unspecified atom stereocenters. The molecule has 0 aromatic carbocycles. The number of hydrogen-bond acceptors (Lipinski definition) is 7. The van der Waals surface area contributed by atoms with Gasteiger partial charge in [0.2, 0.25) is 5.89 Å². The molecule has 12 heteroatoms. The van der Waals surface area contributed by atoms with Crippen LogP contribution < -0.4 is 10.5 Å². The third kappa shape index (κ3) is 4.96. The summed E-state index contributed by atoms with van der Waals surface area (Å²) in [4.78, 5) is 12.3. The number of carboxylic acid groups (broad SMARTS) is 1. The SMILES string of the molecule is N[C@H]1CC[C@H](c2nnc(OCCOC(F)(F)F)o2)N(C(=O)O)C1. The first-order chi connectivity index (χ1) is 10.8. The Labute approximate surface area is 128 Å². The number of halogens is 3. The minimum absolute atomic E-state index is 0.00559. The molecule has 1 saturated heterocycles. The predicted octanol–water partition coefficient (Wildman–Crippen LogP) is 1.13. The molecule has 3 N–H and O–H groups in total. The topological polar surface area (TPSA) is 124 Å². The lowest BCUT2D eigenvalue weighted by molar-refractivity contribution is -0.325. The standard InChI is InChI=1S/C11H15F3N4O5/c12-11(13,14)22-4-3-21-9-17-16-8(23-9)7-2-1-6(15)5-18(7)10(19)20/h6-7H,1-5,15H2,(H,19,20)/t6-,7+/m0/s1. The Morgan fingerprint density at radius 2 is 2.13 bits per heavy atom. The van der Waals surface area contributed by atoms with Crippen LogP contribution in [0.2, 0.25) is 0 Å². The van der Waals surface area contributed by atoms with Gasteiger partial charge < -0.3 is 20.0 Å². The number of aromatic nitrogens is 2. The van der Waals surface area contributed by atoms with Crippen molar-refractivity contribution in [1.82, 2.24) is 15.1 Å². The monoisotopic (exact) mass is 340 g/mol. The summed E-state index contributed by atoms with van der Waals surface area (Å²) in [5.74, 6) is 0.00559. The molecule has 1 fully saturated rings. The van der Waals surface area contributed by atoms with Crippen molar-refractivity contribution in [3.05, 3.63) is 5.89 Å². The minimum Gasteiger partial charge on any atom is -0.465 e. The van der Waals surface area contributed by atoms with Gasteiger partial charge >= 0.3 is 18.5 Å². The van der Waals surface area contributed by atoms with Crippen molar-refractivity contribution < 1.29 is 37.0 Å². The van der Waals surface area contributed by atoms with E-state index in [0.29, 0.717) is 12.8 Å². The number of ether oxygens (including phenoxy) is 2. The lowest BCUT2D eigenvalue weighted by atomic mass is 9.99. The van der Waals surface area contributed by atoms with Gasteiger partial charge in [0.25, 0.3) is 0 Å². The maximum atomic E-state index is 11.8. The molecule has 130 valence electrons. The summed E-state index contributed by atoms with van der Waals surface area (Å²) in [5, 5.41) is 16.4. The quantitative estimate of drug-likeness (QED) is 0.764. The summed E-state index contributed by atoms with van der Waals surface area (Å²) in [6.45, 7) is -1.06. The zero-order valence-corrected chi connectivity index (χ0v) is 11.8. The second kappa shape index (κ2) is 7.00. The number of nitrogens with two attached hydrogens (primary N) is 1. The average molecular weight is 340 g/mol. The van der Waals surface area contributed by atoms with E-state index in [1.807, 2.05) is 0 Å². The Morgan fingerprint density at radius 3 is 2.78 bits per heavy atom. The molecule has 2 atom stereocenters. The molecule has 2 heterocycles. The molecule has 0 radical (unpaired) electrons. The summed E-state index contributed by atoms with van der Waals surface area (Å²) in [5.41, 5.74) is 5.72. The molecule has 9 nitrogen and oxygen atoms in total. The minimum atomic E-state index is -4.74. The van der Waals surface area contributed by atoms with Crippen LogP contribution in [0.4, 0.5) is 18.0 Å². The Kier molecular flexibility index (Phi) is 5.26. The lowest BCUT2D eigenvalue weighted by Gasteiger charge is -2.34. The van der Waals surface area contributed by atoms with Gasteiger partial charge in [-0.05, 0) is 12.8 Å². The Hall–Kier alpha value is -2.08. The van der Waals surface area contributed by atoms with E-state index in [-0.39, 0.29) is 24.6 Å². The van der Waals surface area contributed by atoms with Gasteiger partial charge in [-0.3, -0.25) is 9.64 Å². The van der Waals surface area contributed by atoms with Crippen LogP contribution in [0, 0.1) is 0 Å². The van der Waals surface area contributed by atoms with Gasteiger partial charge in [0, 0.05) is 12.6 Å². The molecule has 0 aliphatic carbocycles. The van der Waals surface area contributed by atoms with Gasteiger partial charge in [-0.1, -0.05) is 5.10 Å². The van der Waals surface area contributed by atoms with Crippen LogP contribution >= 0.6 is 0 Å². The largest absolute Gasteiger partial charge is 0.522 e. The molecule has 0 saturated carbocycles. The third-order valence-corrected chi connectivity index (χ3v) is 3.15. The van der Waals surface area contributed by atoms with E-state index >= 15 is 0 Å². The van der Waals surface area contributed by atoms with Gasteiger partial charge in [-0.25, -0.2) is 4.79 Å². The zero-order chi connectivity index (χ0) is 17.0. The number of alkyl halides is 3. The molecule has 1 aliphatic heterocycles. The molecule has 1 amide bonds. The van der Waals surface area contributed by atoms with Crippen molar-refractivity contribution >= 4 is 6.09 Å². The molecular weight excluding hydrogens is 325 g/mol. The number of likely N-dealkylation sites (tertiary alicyclic amines) is 1. The second-order valence-corrected chi connectivity index (χ2v) is 4.84. The average Bonchev–Trinajstić information content (AvgIpc) is 2.91. The number of carbonyl (C=O) groups is 1. The van der Waals surface area contributed by atoms with Crippen molar-refractivity contribution in [2.75, 3.05) is 19.8 Å². The highest BCUT2D eigenvalue weighted by molar-refractivity contribution is 5.65. The van der Waals surface area contributed by atoms with E-state index in [2.05, 4.69) is 14.9 Å². The highest BCUT2D eigenvalue weighted by atomic mass is 19.4. The van der Waals surface area contributed by atoms with E-state index in [4.69, 9.17) is 14.9 Å². The maximum Gasteiger partial charge on any atom is 0.522 e. The first-order valence-electron chi connectivity index (χ1n) is 6.68. The maximum absolute atomic E-state index is 11.8. The van der Waals surface area contributed by atoms with Crippen molar-refractivity contribution in [2.45, 2.75) is 31.3 Å². The molecule has 0 spiro atoms. The van der Waals surface area contributed by atoms with Crippen LogP contribution in [0.3, 0.4) is 0 Å². The van der Waals surface area contributed by atoms with E-state index in [1.54, 1.807) is 0 Å². The van der Waals surface area contributed by atoms with Crippen LogP contribution in [0.25, 0.3) is 0 Å². The van der Waals surface area contributed by atoms with Gasteiger partial charge in [0.05, 0.1) is 6.61 Å². The van der Waals surface area contributed by atoms with Gasteiger partial charge in [0.15, 0.2) is 0 Å². The van der Waals surface area contributed by atoms with Gasteiger partial charge in [-0.2, -0.15) is 0 Å². The van der Waals surface area contributed by atoms with E-state index in [9.17, 15) is 23.1 Å². The molecule has 1 aromatic heterocycles. The highest BCUT2D eigenvalue weighted by Crippen LogP contribution is 2.30. The summed E-state index contributed by atoms with van der Waals surface area (Å²) in [7, 11) is 0. The lowest BCUT2D eigenvalue weighted by Crippen LogP contribution is -2.47. The highest BCUT2D eigenvalue weighted by Gasteiger charge is 2.35. The fraction of sp³-hybridized carbons (Fsp3) is 0.727.